The fourth-order valence-electron chi connectivity index (χ4n) is 3.63. The van der Waals surface area contributed by atoms with Crippen molar-refractivity contribution in [3.05, 3.63) is 72.8 Å². The van der Waals surface area contributed by atoms with E-state index >= 15 is 0 Å². The van der Waals surface area contributed by atoms with Gasteiger partial charge in [-0.3, -0.25) is 0 Å². The van der Waals surface area contributed by atoms with Gasteiger partial charge in [0.15, 0.2) is 0 Å². The standard InChI is InChI=1S/C30H39O6Se.BF4/c1-4-31-19-22-34-25-13-7-10-16-28(25)37(29-17-11-8-14-26(29)35-23-20-32-5-2)30-18-12-9-15-27(30)36-24-21-33-6-3;2-1(3,4)5/h7-18H,4-6,19-24H2,1-3H3;/q+1;-1. The molecular formula is C30H39BF4O6Se. The van der Waals surface area contributed by atoms with Gasteiger partial charge in [0.05, 0.1) is 0 Å². The molecule has 0 N–H and O–H groups in total. The third kappa shape index (κ3) is 13.5. The van der Waals surface area contributed by atoms with Gasteiger partial charge in [-0.15, -0.1) is 0 Å². The first kappa shape index (κ1) is 35.4. The molecular weight excluding hydrogens is 622 g/mol. The largest absolute Gasteiger partial charge is 0.673 e. The minimum atomic E-state index is -6.00. The average Bonchev–Trinajstić information content (AvgIpc) is 2.97. The quantitative estimate of drug-likeness (QED) is 0.112. The van der Waals surface area contributed by atoms with Crippen molar-refractivity contribution in [2.24, 2.45) is 0 Å². The van der Waals surface area contributed by atoms with Crippen molar-refractivity contribution in [2.75, 3.05) is 59.5 Å². The minimum Gasteiger partial charge on any atom is -0.418 e. The Morgan fingerprint density at radius 1 is 0.476 bits per heavy atom. The molecule has 232 valence electrons. The first-order valence-electron chi connectivity index (χ1n) is 13.8. The summed E-state index contributed by atoms with van der Waals surface area (Å²) >= 11 is -1.91. The van der Waals surface area contributed by atoms with Crippen molar-refractivity contribution < 1.29 is 45.7 Å². The van der Waals surface area contributed by atoms with E-state index < -0.39 is 21.2 Å². The first-order chi connectivity index (χ1) is 20.3. The molecule has 42 heavy (non-hydrogen) atoms. The van der Waals surface area contributed by atoms with Crippen molar-refractivity contribution >= 4 is 34.5 Å². The molecule has 0 aliphatic rings. The van der Waals surface area contributed by atoms with E-state index in [0.717, 1.165) is 30.6 Å². The minimum absolute atomic E-state index is 0.489. The molecule has 0 heterocycles. The van der Waals surface area contributed by atoms with Crippen LogP contribution in [0.15, 0.2) is 72.8 Å². The third-order valence-corrected chi connectivity index (χ3v) is 10.2. The molecule has 0 atom stereocenters. The summed E-state index contributed by atoms with van der Waals surface area (Å²) in [6, 6.07) is 24.8. The Morgan fingerprint density at radius 2 is 0.738 bits per heavy atom. The molecule has 3 aromatic rings. The smallest absolute Gasteiger partial charge is 0.418 e. The van der Waals surface area contributed by atoms with Crippen LogP contribution in [0.25, 0.3) is 0 Å². The number of ether oxygens (including phenoxy) is 6. The second kappa shape index (κ2) is 20.2. The Labute approximate surface area is 250 Å². The molecule has 0 bridgehead atoms. The van der Waals surface area contributed by atoms with Gasteiger partial charge in [-0.25, -0.2) is 0 Å². The molecule has 0 spiro atoms. The summed E-state index contributed by atoms with van der Waals surface area (Å²) in [5, 5.41) is 0. The Kier molecular flexibility index (Phi) is 17.0. The van der Waals surface area contributed by atoms with Crippen molar-refractivity contribution in [1.82, 2.24) is 0 Å². The molecule has 0 amide bonds. The van der Waals surface area contributed by atoms with Gasteiger partial charge in [0.1, 0.15) is 0 Å². The number of rotatable bonds is 18. The number of hydrogen-bond acceptors (Lipinski definition) is 6. The third-order valence-electron chi connectivity index (χ3n) is 5.28. The van der Waals surface area contributed by atoms with Crippen molar-refractivity contribution in [1.29, 1.82) is 0 Å². The van der Waals surface area contributed by atoms with Crippen molar-refractivity contribution in [2.45, 2.75) is 20.8 Å². The normalized spacial score (nSPS) is 11.1. The maximum absolute atomic E-state index is 9.75. The zero-order chi connectivity index (χ0) is 30.6. The maximum Gasteiger partial charge on any atom is 0.673 e. The molecule has 0 aliphatic heterocycles. The molecule has 0 aliphatic carbocycles. The molecule has 0 radical (unpaired) electrons. The summed E-state index contributed by atoms with van der Waals surface area (Å²) in [4.78, 5) is 0. The summed E-state index contributed by atoms with van der Waals surface area (Å²) in [6.07, 6.45) is 0. The molecule has 3 rings (SSSR count). The Balaban J connectivity index is 0.00000113. The van der Waals surface area contributed by atoms with Gasteiger partial charge in [0.25, 0.3) is 0 Å². The van der Waals surface area contributed by atoms with E-state index in [1.54, 1.807) is 0 Å². The van der Waals surface area contributed by atoms with E-state index in [4.69, 9.17) is 28.4 Å². The van der Waals surface area contributed by atoms with Crippen LogP contribution < -0.4 is 27.6 Å². The monoisotopic (exact) mass is 662 g/mol. The van der Waals surface area contributed by atoms with Crippen LogP contribution in [0.3, 0.4) is 0 Å². The van der Waals surface area contributed by atoms with Crippen LogP contribution in [0.2, 0.25) is 0 Å². The first-order valence-corrected chi connectivity index (χ1v) is 16.4. The predicted octanol–water partition coefficient (Wildman–Crippen LogP) is 4.75. The number of halogens is 4. The SMILES string of the molecule is CCOCCOc1ccccc1[Se+](c1ccccc1OCCOCC)c1ccccc1OCCOCC.F[B-](F)(F)F. The van der Waals surface area contributed by atoms with Crippen LogP contribution in [0.5, 0.6) is 17.2 Å². The van der Waals surface area contributed by atoms with E-state index in [-0.39, 0.29) is 0 Å². The second-order valence-electron chi connectivity index (χ2n) is 8.28. The fraction of sp³-hybridized carbons (Fsp3) is 0.400. The maximum atomic E-state index is 9.75. The zero-order valence-electron chi connectivity index (χ0n) is 24.2. The van der Waals surface area contributed by atoms with Crippen LogP contribution in [0, 0.1) is 0 Å². The van der Waals surface area contributed by atoms with Crippen LogP contribution in [-0.2, 0) is 14.2 Å². The van der Waals surface area contributed by atoms with E-state index in [2.05, 4.69) is 36.4 Å². The second-order valence-corrected chi connectivity index (χ2v) is 12.3. The van der Waals surface area contributed by atoms with Gasteiger partial charge in [-0.2, -0.15) is 0 Å². The van der Waals surface area contributed by atoms with Gasteiger partial charge in [-0.1, -0.05) is 0 Å². The number of hydrogen-bond donors (Lipinski definition) is 0. The van der Waals surface area contributed by atoms with Crippen LogP contribution in [0.4, 0.5) is 17.3 Å². The van der Waals surface area contributed by atoms with Crippen molar-refractivity contribution in [3.63, 3.8) is 0 Å². The van der Waals surface area contributed by atoms with Gasteiger partial charge in [0.2, 0.25) is 0 Å². The van der Waals surface area contributed by atoms with Crippen molar-refractivity contribution in [3.8, 4) is 17.2 Å². The number of para-hydroxylation sites is 3. The number of benzene rings is 3. The molecule has 3 aromatic carbocycles. The average molecular weight is 661 g/mol. The Morgan fingerprint density at radius 3 is 1.00 bits per heavy atom. The van der Waals surface area contributed by atoms with Gasteiger partial charge in [0, 0.05) is 0 Å². The zero-order valence-corrected chi connectivity index (χ0v) is 26.0. The van der Waals surface area contributed by atoms with Crippen LogP contribution in [0.1, 0.15) is 20.8 Å². The molecule has 0 saturated heterocycles. The Bertz CT molecular complexity index is 1020. The summed E-state index contributed by atoms with van der Waals surface area (Å²) in [5.41, 5.74) is 0. The Hall–Kier alpha value is -2.76. The van der Waals surface area contributed by atoms with Crippen LogP contribution >= 0.6 is 0 Å². The molecule has 0 fully saturated rings. The van der Waals surface area contributed by atoms with Gasteiger partial charge in [-0.05, 0) is 0 Å². The molecule has 0 aromatic heterocycles. The van der Waals surface area contributed by atoms with E-state index in [1.165, 1.54) is 0 Å². The summed E-state index contributed by atoms with van der Waals surface area (Å²) in [7, 11) is -6.00. The molecule has 6 nitrogen and oxygen atoms in total. The van der Waals surface area contributed by atoms with Gasteiger partial charge >= 0.3 is 233 Å². The topological polar surface area (TPSA) is 55.4 Å². The summed E-state index contributed by atoms with van der Waals surface area (Å²) < 4.78 is 77.8. The summed E-state index contributed by atoms with van der Waals surface area (Å²) in [5.74, 6) is 2.58. The molecule has 0 unspecified atom stereocenters. The predicted molar refractivity (Wildman–Crippen MR) is 160 cm³/mol. The van der Waals surface area contributed by atoms with E-state index in [0.29, 0.717) is 59.5 Å². The summed E-state index contributed by atoms with van der Waals surface area (Å²) in [6.45, 7) is 11.1. The fourth-order valence-corrected chi connectivity index (χ4v) is 8.54. The molecule has 12 heteroatoms. The van der Waals surface area contributed by atoms with E-state index in [9.17, 15) is 17.3 Å². The van der Waals surface area contributed by atoms with Crippen LogP contribution in [-0.4, -0.2) is 80.6 Å². The van der Waals surface area contributed by atoms with E-state index in [1.807, 2.05) is 57.2 Å². The van der Waals surface area contributed by atoms with Gasteiger partial charge < -0.3 is 17.3 Å². The molecule has 0 saturated carbocycles.